The number of hydrogen-bond acceptors (Lipinski definition) is 2. The van der Waals surface area contributed by atoms with Crippen molar-refractivity contribution >= 4 is 0 Å². The zero-order chi connectivity index (χ0) is 14.4. The molecule has 1 fully saturated rings. The Balaban J connectivity index is 1.67. The van der Waals surface area contributed by atoms with Crippen molar-refractivity contribution in [3.8, 4) is 0 Å². The molecule has 0 aliphatic carbocycles. The molecule has 20 heavy (non-hydrogen) atoms. The molecule has 3 heteroatoms. The fourth-order valence-corrected chi connectivity index (χ4v) is 2.74. The molecule has 1 aliphatic rings. The quantitative estimate of drug-likeness (QED) is 0.787. The molecular weight excluding hydrogens is 251 g/mol. The summed E-state index contributed by atoms with van der Waals surface area (Å²) in [7, 11) is 0. The Kier molecular flexibility index (Phi) is 5.99. The van der Waals surface area contributed by atoms with Gasteiger partial charge < -0.3 is 4.90 Å². The molecule has 0 aromatic heterocycles. The summed E-state index contributed by atoms with van der Waals surface area (Å²) in [5.41, 5.74) is 1.21. The summed E-state index contributed by atoms with van der Waals surface area (Å²) in [5, 5.41) is 0. The minimum absolute atomic E-state index is 0.149. The van der Waals surface area contributed by atoms with E-state index in [0.29, 0.717) is 0 Å². The molecule has 1 aromatic carbocycles. The first kappa shape index (κ1) is 15.5. The maximum Gasteiger partial charge on any atom is 0.123 e. The van der Waals surface area contributed by atoms with Crippen molar-refractivity contribution in [1.82, 2.24) is 9.80 Å². The maximum atomic E-state index is 12.9. The van der Waals surface area contributed by atoms with Crippen molar-refractivity contribution in [3.05, 3.63) is 35.6 Å². The Labute approximate surface area is 122 Å². The monoisotopic (exact) mass is 278 g/mol. The average Bonchev–Trinajstić information content (AvgIpc) is 2.43. The van der Waals surface area contributed by atoms with Gasteiger partial charge in [0.05, 0.1) is 0 Å². The largest absolute Gasteiger partial charge is 0.301 e. The third-order valence-electron chi connectivity index (χ3n) is 4.04. The van der Waals surface area contributed by atoms with Gasteiger partial charge in [0, 0.05) is 32.7 Å². The van der Waals surface area contributed by atoms with Crippen LogP contribution in [0.2, 0.25) is 0 Å². The Bertz CT molecular complexity index is 380. The molecule has 1 saturated heterocycles. The van der Waals surface area contributed by atoms with Crippen molar-refractivity contribution in [1.29, 1.82) is 0 Å². The number of rotatable bonds is 6. The normalized spacial score (nSPS) is 17.8. The van der Waals surface area contributed by atoms with E-state index in [2.05, 4.69) is 23.6 Å². The lowest BCUT2D eigenvalue weighted by atomic mass is 10.1. The van der Waals surface area contributed by atoms with Gasteiger partial charge in [-0.2, -0.15) is 0 Å². The van der Waals surface area contributed by atoms with Crippen molar-refractivity contribution < 1.29 is 4.39 Å². The van der Waals surface area contributed by atoms with Crippen LogP contribution < -0.4 is 0 Å². The minimum Gasteiger partial charge on any atom is -0.301 e. The predicted molar refractivity (Wildman–Crippen MR) is 82.2 cm³/mol. The van der Waals surface area contributed by atoms with Crippen LogP contribution in [0, 0.1) is 11.7 Å². The highest BCUT2D eigenvalue weighted by Gasteiger charge is 2.16. The zero-order valence-electron chi connectivity index (χ0n) is 12.8. The first-order valence-corrected chi connectivity index (χ1v) is 7.82. The smallest absolute Gasteiger partial charge is 0.123 e. The number of nitrogens with zero attached hydrogens (tertiary/aromatic N) is 2. The summed E-state index contributed by atoms with van der Waals surface area (Å²) < 4.78 is 12.9. The predicted octanol–water partition coefficient (Wildman–Crippen LogP) is 3.38. The summed E-state index contributed by atoms with van der Waals surface area (Å²) >= 11 is 0. The fourth-order valence-electron chi connectivity index (χ4n) is 2.74. The van der Waals surface area contributed by atoms with E-state index in [-0.39, 0.29) is 5.82 Å². The van der Waals surface area contributed by atoms with Crippen molar-refractivity contribution in [2.75, 3.05) is 32.7 Å². The molecule has 1 heterocycles. The molecule has 0 amide bonds. The van der Waals surface area contributed by atoms with Gasteiger partial charge >= 0.3 is 0 Å². The fraction of sp³-hybridized carbons (Fsp3) is 0.647. The lowest BCUT2D eigenvalue weighted by Gasteiger charge is -2.34. The first-order chi connectivity index (χ1) is 9.63. The topological polar surface area (TPSA) is 6.48 Å². The number of piperazine rings is 1. The highest BCUT2D eigenvalue weighted by molar-refractivity contribution is 5.15. The number of halogens is 1. The van der Waals surface area contributed by atoms with Gasteiger partial charge in [-0.05, 0) is 43.0 Å². The molecule has 112 valence electrons. The molecule has 1 aromatic rings. The van der Waals surface area contributed by atoms with Crippen LogP contribution in [0.5, 0.6) is 0 Å². The average molecular weight is 278 g/mol. The van der Waals surface area contributed by atoms with Crippen LogP contribution >= 0.6 is 0 Å². The van der Waals surface area contributed by atoms with Gasteiger partial charge in [-0.3, -0.25) is 4.90 Å². The van der Waals surface area contributed by atoms with Crippen molar-refractivity contribution in [2.24, 2.45) is 5.92 Å². The molecule has 0 N–H and O–H groups in total. The third kappa shape index (κ3) is 5.22. The van der Waals surface area contributed by atoms with Gasteiger partial charge in [0.1, 0.15) is 5.82 Å². The Hall–Kier alpha value is -0.930. The van der Waals surface area contributed by atoms with E-state index in [1.165, 1.54) is 38.0 Å². The Morgan fingerprint density at radius 2 is 1.60 bits per heavy atom. The molecule has 0 saturated carbocycles. The van der Waals surface area contributed by atoms with Gasteiger partial charge in [-0.15, -0.1) is 0 Å². The Morgan fingerprint density at radius 3 is 2.20 bits per heavy atom. The zero-order valence-corrected chi connectivity index (χ0v) is 12.8. The first-order valence-electron chi connectivity index (χ1n) is 7.82. The van der Waals surface area contributed by atoms with Crippen LogP contribution in [0.3, 0.4) is 0 Å². The van der Waals surface area contributed by atoms with Crippen LogP contribution in [-0.2, 0) is 6.54 Å². The number of hydrogen-bond donors (Lipinski definition) is 0. The molecule has 0 unspecified atom stereocenters. The summed E-state index contributed by atoms with van der Waals surface area (Å²) in [6, 6.07) is 6.89. The van der Waals surface area contributed by atoms with E-state index in [4.69, 9.17) is 0 Å². The summed E-state index contributed by atoms with van der Waals surface area (Å²) in [6.07, 6.45) is 2.64. The molecule has 0 radical (unpaired) electrons. The van der Waals surface area contributed by atoms with E-state index in [0.717, 1.165) is 25.6 Å². The van der Waals surface area contributed by atoms with Gasteiger partial charge in [0.15, 0.2) is 0 Å². The van der Waals surface area contributed by atoms with E-state index in [9.17, 15) is 4.39 Å². The second kappa shape index (κ2) is 7.75. The van der Waals surface area contributed by atoms with E-state index in [1.807, 2.05) is 12.1 Å². The van der Waals surface area contributed by atoms with E-state index < -0.39 is 0 Å². The molecule has 0 bridgehead atoms. The summed E-state index contributed by atoms with van der Waals surface area (Å²) in [4.78, 5) is 5.04. The molecule has 0 atom stereocenters. The second-order valence-corrected chi connectivity index (χ2v) is 6.28. The Morgan fingerprint density at radius 1 is 1.00 bits per heavy atom. The van der Waals surface area contributed by atoms with Crippen molar-refractivity contribution in [2.45, 2.75) is 33.2 Å². The van der Waals surface area contributed by atoms with Crippen molar-refractivity contribution in [3.63, 3.8) is 0 Å². The molecule has 2 nitrogen and oxygen atoms in total. The standard InChI is InChI=1S/C17H27FN2/c1-15(2)4-3-9-19-10-12-20(13-11-19)14-16-5-7-17(18)8-6-16/h5-8,15H,3-4,9-14H2,1-2H3. The van der Waals surface area contributed by atoms with E-state index in [1.54, 1.807) is 12.1 Å². The van der Waals surface area contributed by atoms with Gasteiger partial charge in [0.2, 0.25) is 0 Å². The molecule has 0 spiro atoms. The molecular formula is C17H27FN2. The minimum atomic E-state index is -0.149. The SMILES string of the molecule is CC(C)CCCN1CCN(Cc2ccc(F)cc2)CC1. The van der Waals surface area contributed by atoms with Crippen LogP contribution in [0.25, 0.3) is 0 Å². The lowest BCUT2D eigenvalue weighted by molar-refractivity contribution is 0.124. The number of benzene rings is 1. The molecule has 2 rings (SSSR count). The van der Waals surface area contributed by atoms with Crippen LogP contribution in [0.4, 0.5) is 4.39 Å². The third-order valence-corrected chi connectivity index (χ3v) is 4.04. The van der Waals surface area contributed by atoms with Gasteiger partial charge in [-0.1, -0.05) is 26.0 Å². The maximum absolute atomic E-state index is 12.9. The highest BCUT2D eigenvalue weighted by Crippen LogP contribution is 2.11. The van der Waals surface area contributed by atoms with Crippen LogP contribution in [-0.4, -0.2) is 42.5 Å². The molecule has 1 aliphatic heterocycles. The second-order valence-electron chi connectivity index (χ2n) is 6.28. The lowest BCUT2D eigenvalue weighted by Crippen LogP contribution is -2.46. The summed E-state index contributed by atoms with van der Waals surface area (Å²) in [5.74, 6) is 0.665. The van der Waals surface area contributed by atoms with Crippen LogP contribution in [0.15, 0.2) is 24.3 Å². The highest BCUT2D eigenvalue weighted by atomic mass is 19.1. The summed E-state index contributed by atoms with van der Waals surface area (Å²) in [6.45, 7) is 11.3. The van der Waals surface area contributed by atoms with Gasteiger partial charge in [-0.25, -0.2) is 4.39 Å². The van der Waals surface area contributed by atoms with Gasteiger partial charge in [0.25, 0.3) is 0 Å². The van der Waals surface area contributed by atoms with E-state index >= 15 is 0 Å². The van der Waals surface area contributed by atoms with Crippen LogP contribution in [0.1, 0.15) is 32.3 Å².